The Morgan fingerprint density at radius 2 is 2.28 bits per heavy atom. The number of oxime groups is 1. The maximum atomic E-state index is 12.7. The maximum absolute atomic E-state index is 12.7. The molecule has 2 atom stereocenters. The second-order valence-corrected chi connectivity index (χ2v) is 7.19. The van der Waals surface area contributed by atoms with Crippen LogP contribution < -0.4 is 5.48 Å². The molecule has 0 unspecified atom stereocenters. The molecule has 29 heavy (non-hydrogen) atoms. The third kappa shape index (κ3) is 4.02. The summed E-state index contributed by atoms with van der Waals surface area (Å²) in [7, 11) is -3.51. The molecule has 3 heterocycles. The topological polar surface area (TPSA) is 171 Å². The van der Waals surface area contributed by atoms with Crippen LogP contribution in [0.25, 0.3) is 0 Å². The summed E-state index contributed by atoms with van der Waals surface area (Å²) in [6.07, 6.45) is 3.74. The number of hydrogen-bond donors (Lipinski definition) is 3. The van der Waals surface area contributed by atoms with E-state index in [-0.39, 0.29) is 18.9 Å². The van der Waals surface area contributed by atoms with E-state index in [0.717, 1.165) is 6.42 Å². The van der Waals surface area contributed by atoms with Gasteiger partial charge in [0.25, 0.3) is 0 Å². The molecule has 0 spiro atoms. The van der Waals surface area contributed by atoms with Crippen LogP contribution in [-0.4, -0.2) is 76.2 Å². The maximum Gasteiger partial charge on any atom is 0.418 e. The van der Waals surface area contributed by atoms with E-state index in [0.29, 0.717) is 22.9 Å². The molecule has 0 aliphatic carbocycles. The van der Waals surface area contributed by atoms with Crippen molar-refractivity contribution < 1.29 is 32.1 Å². The summed E-state index contributed by atoms with van der Waals surface area (Å²) in [5, 5.41) is 18.1. The van der Waals surface area contributed by atoms with Crippen LogP contribution in [-0.2, 0) is 26.1 Å². The summed E-state index contributed by atoms with van der Waals surface area (Å²) in [4.78, 5) is 23.0. The molecule has 1 aromatic heterocycles. The molecule has 160 valence electrons. The summed E-state index contributed by atoms with van der Waals surface area (Å²) in [5.74, 6) is 0.0349. The average molecular weight is 431 g/mol. The lowest BCUT2D eigenvalue weighted by molar-refractivity contribution is -0.0316. The first-order valence-corrected chi connectivity index (χ1v) is 10.0. The number of fused-ring (bicyclic) bond motifs is 4. The van der Waals surface area contributed by atoms with Gasteiger partial charge in [0.1, 0.15) is 24.5 Å². The van der Waals surface area contributed by atoms with E-state index in [1.165, 1.54) is 29.0 Å². The largest absolute Gasteiger partial charge is 0.418 e. The smallest absolute Gasteiger partial charge is 0.396 e. The van der Waals surface area contributed by atoms with Crippen molar-refractivity contribution in [3.63, 3.8) is 0 Å². The molecular formula is C14H21N7O7S. The number of amidine groups is 1. The number of hydroxylamine groups is 3. The van der Waals surface area contributed by atoms with Crippen molar-refractivity contribution in [2.24, 2.45) is 10.1 Å². The molecule has 3 rings (SSSR count). The van der Waals surface area contributed by atoms with Crippen molar-refractivity contribution in [3.8, 4) is 0 Å². The molecule has 2 amide bonds. The minimum atomic E-state index is -4.93. The average Bonchev–Trinajstić information content (AvgIpc) is 3.20. The van der Waals surface area contributed by atoms with Gasteiger partial charge in [0, 0.05) is 12.6 Å². The van der Waals surface area contributed by atoms with Crippen LogP contribution >= 0.6 is 0 Å². The Bertz CT molecular complexity index is 929. The molecule has 2 aliphatic rings. The molecule has 2 bridgehead atoms. The molecule has 1 fully saturated rings. The lowest BCUT2D eigenvalue weighted by atomic mass is 9.97. The van der Waals surface area contributed by atoms with Gasteiger partial charge in [0.2, 0.25) is 0 Å². The number of aromatic nitrogens is 2. The van der Waals surface area contributed by atoms with Crippen LogP contribution in [0.5, 0.6) is 0 Å². The van der Waals surface area contributed by atoms with Gasteiger partial charge in [-0.3, -0.25) is 24.9 Å². The van der Waals surface area contributed by atoms with Gasteiger partial charge < -0.3 is 9.74 Å². The molecule has 0 aromatic carbocycles. The highest BCUT2D eigenvalue weighted by Crippen LogP contribution is 2.44. The molecule has 1 saturated heterocycles. The van der Waals surface area contributed by atoms with Crippen molar-refractivity contribution in [2.75, 3.05) is 20.2 Å². The lowest BCUT2D eigenvalue weighted by Crippen LogP contribution is -2.44. The number of nitrogens with one attached hydrogen (secondary N) is 1. The minimum absolute atomic E-state index is 0.0338. The van der Waals surface area contributed by atoms with Gasteiger partial charge in [0.15, 0.2) is 0 Å². The fraction of sp³-hybridized carbons (Fsp3) is 0.571. The first kappa shape index (κ1) is 21.0. The van der Waals surface area contributed by atoms with Crippen molar-refractivity contribution in [2.45, 2.75) is 32.0 Å². The highest BCUT2D eigenvalue weighted by atomic mass is 32.3. The number of carbonyl (C=O) groups excluding carboxylic acids is 1. The van der Waals surface area contributed by atoms with Gasteiger partial charge in [-0.2, -0.15) is 18.6 Å². The SMILES string of the molecule is CCCO/N=C/Cn1ncc2c1[C@@H](C(=NC)NO)N1C[C@@H]2N(OS(=O)(=O)O)C1=O. The van der Waals surface area contributed by atoms with Crippen molar-refractivity contribution >= 4 is 28.5 Å². The van der Waals surface area contributed by atoms with Gasteiger partial charge >= 0.3 is 16.4 Å². The predicted molar refractivity (Wildman–Crippen MR) is 97.3 cm³/mol. The Morgan fingerprint density at radius 1 is 1.52 bits per heavy atom. The summed E-state index contributed by atoms with van der Waals surface area (Å²) in [6, 6.07) is -2.56. The molecule has 0 saturated carbocycles. The monoisotopic (exact) mass is 431 g/mol. The Kier molecular flexibility index (Phi) is 6.02. The third-order valence-corrected chi connectivity index (χ3v) is 4.76. The zero-order chi connectivity index (χ0) is 21.2. The van der Waals surface area contributed by atoms with E-state index in [9.17, 15) is 18.4 Å². The Balaban J connectivity index is 2.00. The van der Waals surface area contributed by atoms with Crippen LogP contribution in [0.1, 0.15) is 36.7 Å². The molecule has 0 radical (unpaired) electrons. The number of rotatable bonds is 8. The number of nitrogens with zero attached hydrogens (tertiary/aromatic N) is 6. The van der Waals surface area contributed by atoms with Gasteiger partial charge in [-0.15, -0.1) is 4.28 Å². The number of hydrogen-bond acceptors (Lipinski definition) is 9. The van der Waals surface area contributed by atoms with E-state index in [1.807, 2.05) is 12.4 Å². The molecular weight excluding hydrogens is 410 g/mol. The standard InChI is InChI=1S/C14H21N7O7S/c1-3-6-27-17-4-5-20-11-9(7-16-20)10-8-19(12(11)13(15-2)18-23)14(22)21(10)28-29(24,25)26/h4,7,10,12,23H,3,5-6,8H2,1-2H3,(H,15,18)(H,24,25,26)/b17-4+/t10-,12-/m0/s1. The second-order valence-electron chi connectivity index (χ2n) is 6.19. The van der Waals surface area contributed by atoms with Gasteiger partial charge in [-0.25, -0.2) is 4.79 Å². The van der Waals surface area contributed by atoms with E-state index in [4.69, 9.17) is 9.39 Å². The predicted octanol–water partition coefficient (Wildman–Crippen LogP) is -0.130. The van der Waals surface area contributed by atoms with Gasteiger partial charge in [-0.1, -0.05) is 12.1 Å². The summed E-state index contributed by atoms with van der Waals surface area (Å²) in [5.41, 5.74) is 2.90. The van der Waals surface area contributed by atoms with Crippen LogP contribution in [0, 0.1) is 0 Å². The number of carbonyl (C=O) groups is 1. The number of amides is 2. The first-order valence-electron chi connectivity index (χ1n) is 8.65. The van der Waals surface area contributed by atoms with Crippen LogP contribution in [0.4, 0.5) is 4.79 Å². The van der Waals surface area contributed by atoms with Crippen molar-refractivity contribution in [1.82, 2.24) is 25.2 Å². The van der Waals surface area contributed by atoms with Crippen LogP contribution in [0.2, 0.25) is 0 Å². The normalized spacial score (nSPS) is 21.8. The highest BCUT2D eigenvalue weighted by molar-refractivity contribution is 7.80. The van der Waals surface area contributed by atoms with Gasteiger partial charge in [0.05, 0.1) is 31.2 Å². The molecule has 15 heteroatoms. The Hall–Kier alpha value is -2.75. The number of aliphatic imine (C=N–C) groups is 1. The van der Waals surface area contributed by atoms with E-state index in [2.05, 4.69) is 19.5 Å². The summed E-state index contributed by atoms with van der Waals surface area (Å²) < 4.78 is 37.4. The van der Waals surface area contributed by atoms with Crippen molar-refractivity contribution in [3.05, 3.63) is 17.5 Å². The van der Waals surface area contributed by atoms with E-state index in [1.54, 1.807) is 0 Å². The van der Waals surface area contributed by atoms with Crippen molar-refractivity contribution in [1.29, 1.82) is 0 Å². The first-order chi connectivity index (χ1) is 13.8. The van der Waals surface area contributed by atoms with E-state index < -0.39 is 28.5 Å². The number of urea groups is 1. The molecule has 3 N–H and O–H groups in total. The van der Waals surface area contributed by atoms with Gasteiger partial charge in [-0.05, 0) is 6.42 Å². The zero-order valence-corrected chi connectivity index (χ0v) is 16.5. The minimum Gasteiger partial charge on any atom is -0.396 e. The highest BCUT2D eigenvalue weighted by Gasteiger charge is 2.53. The second kappa shape index (κ2) is 8.32. The quantitative estimate of drug-likeness (QED) is 0.167. The molecule has 2 aliphatic heterocycles. The molecule has 1 aromatic rings. The fourth-order valence-electron chi connectivity index (χ4n) is 3.30. The summed E-state index contributed by atoms with van der Waals surface area (Å²) in [6.45, 7) is 2.63. The Labute approximate surface area is 166 Å². The zero-order valence-electron chi connectivity index (χ0n) is 15.7. The summed E-state index contributed by atoms with van der Waals surface area (Å²) >= 11 is 0. The fourth-order valence-corrected chi connectivity index (χ4v) is 3.67. The van der Waals surface area contributed by atoms with Crippen LogP contribution in [0.15, 0.2) is 16.3 Å². The third-order valence-electron chi connectivity index (χ3n) is 4.41. The van der Waals surface area contributed by atoms with E-state index >= 15 is 0 Å². The Morgan fingerprint density at radius 3 is 2.90 bits per heavy atom. The molecule has 14 nitrogen and oxygen atoms in total. The lowest BCUT2D eigenvalue weighted by Gasteiger charge is -2.31. The van der Waals surface area contributed by atoms with Crippen LogP contribution in [0.3, 0.4) is 0 Å².